The lowest BCUT2D eigenvalue weighted by molar-refractivity contribution is 0.962. The fourth-order valence-corrected chi connectivity index (χ4v) is 3.36. The zero-order chi connectivity index (χ0) is 13.9. The van der Waals surface area contributed by atoms with Gasteiger partial charge in [-0.05, 0) is 54.0 Å². The minimum Gasteiger partial charge on any atom is -0.136 e. The largest absolute Gasteiger partial charge is 0.136 e. The third-order valence-electron chi connectivity index (χ3n) is 3.55. The number of allylic oxidation sites excluding steroid dienone is 1. The van der Waals surface area contributed by atoms with Gasteiger partial charge in [-0.25, -0.2) is 0 Å². The van der Waals surface area contributed by atoms with Crippen LogP contribution in [0.15, 0.2) is 61.2 Å². The number of thiophene rings is 1. The molecule has 0 amide bonds. The molecule has 0 aliphatic heterocycles. The molecule has 3 aromatic rings. The van der Waals surface area contributed by atoms with E-state index in [1.165, 1.54) is 26.1 Å². The van der Waals surface area contributed by atoms with Crippen LogP contribution in [0.5, 0.6) is 0 Å². The van der Waals surface area contributed by atoms with E-state index in [1.807, 2.05) is 11.3 Å². The Morgan fingerprint density at radius 2 is 1.70 bits per heavy atom. The van der Waals surface area contributed by atoms with E-state index in [0.717, 1.165) is 18.4 Å². The summed E-state index contributed by atoms with van der Waals surface area (Å²) in [6.07, 6.45) is 2.20. The van der Waals surface area contributed by atoms with Gasteiger partial charge in [-0.1, -0.05) is 49.0 Å². The van der Waals surface area contributed by atoms with Gasteiger partial charge < -0.3 is 0 Å². The summed E-state index contributed by atoms with van der Waals surface area (Å²) in [5.74, 6) is 0. The molecule has 20 heavy (non-hydrogen) atoms. The smallest absolute Gasteiger partial charge is 0.0349 e. The van der Waals surface area contributed by atoms with E-state index in [9.17, 15) is 0 Å². The zero-order valence-corrected chi connectivity index (χ0v) is 12.5. The fraction of sp³-hybridized carbons (Fsp3) is 0.158. The molecule has 0 saturated carbocycles. The van der Waals surface area contributed by atoms with Crippen LogP contribution in [0.2, 0.25) is 0 Å². The van der Waals surface area contributed by atoms with E-state index in [4.69, 9.17) is 0 Å². The van der Waals surface area contributed by atoms with Gasteiger partial charge in [0.25, 0.3) is 0 Å². The van der Waals surface area contributed by atoms with Crippen molar-refractivity contribution in [3.05, 3.63) is 77.2 Å². The minimum absolute atomic E-state index is 1.10. The standard InChI is InChI=1S/C19H18S/c1-14(2)19-13-17-12-16(10-11-18(17)20-19)9-8-15-6-4-3-5-7-15/h3-7,10-13H,1,8-9H2,2H3. The van der Waals surface area contributed by atoms with Crippen LogP contribution in [-0.4, -0.2) is 0 Å². The molecule has 0 aliphatic carbocycles. The fourth-order valence-electron chi connectivity index (χ4n) is 2.39. The molecule has 100 valence electrons. The minimum atomic E-state index is 1.10. The Bertz CT molecular complexity index is 735. The normalized spacial score (nSPS) is 10.8. The van der Waals surface area contributed by atoms with Gasteiger partial charge in [0.05, 0.1) is 0 Å². The van der Waals surface area contributed by atoms with Crippen LogP contribution in [0.3, 0.4) is 0 Å². The molecule has 0 spiro atoms. The average Bonchev–Trinajstić information content (AvgIpc) is 2.89. The van der Waals surface area contributed by atoms with Gasteiger partial charge in [0.2, 0.25) is 0 Å². The Labute approximate surface area is 124 Å². The second-order valence-corrected chi connectivity index (χ2v) is 6.33. The first-order valence-electron chi connectivity index (χ1n) is 6.94. The van der Waals surface area contributed by atoms with Gasteiger partial charge in [-0.15, -0.1) is 11.3 Å². The lowest BCUT2D eigenvalue weighted by Gasteiger charge is -2.02. The van der Waals surface area contributed by atoms with E-state index < -0.39 is 0 Å². The summed E-state index contributed by atoms with van der Waals surface area (Å²) < 4.78 is 1.35. The summed E-state index contributed by atoms with van der Waals surface area (Å²) in [5, 5.41) is 1.35. The van der Waals surface area contributed by atoms with E-state index in [2.05, 4.69) is 68.1 Å². The predicted octanol–water partition coefficient (Wildman–Crippen LogP) is 5.72. The molecule has 2 aromatic carbocycles. The van der Waals surface area contributed by atoms with Crippen LogP contribution in [0, 0.1) is 0 Å². The van der Waals surface area contributed by atoms with Gasteiger partial charge in [0.15, 0.2) is 0 Å². The Balaban J connectivity index is 1.80. The third kappa shape index (κ3) is 2.83. The van der Waals surface area contributed by atoms with Crippen molar-refractivity contribution in [1.29, 1.82) is 0 Å². The maximum absolute atomic E-state index is 4.03. The van der Waals surface area contributed by atoms with Crippen molar-refractivity contribution in [2.75, 3.05) is 0 Å². The average molecular weight is 278 g/mol. The van der Waals surface area contributed by atoms with Gasteiger partial charge >= 0.3 is 0 Å². The molecule has 0 atom stereocenters. The number of hydrogen-bond donors (Lipinski definition) is 0. The summed E-state index contributed by atoms with van der Waals surface area (Å²) in [6.45, 7) is 6.10. The Hall–Kier alpha value is -1.86. The monoisotopic (exact) mass is 278 g/mol. The first kappa shape index (κ1) is 13.1. The van der Waals surface area contributed by atoms with Crippen LogP contribution in [0.4, 0.5) is 0 Å². The second-order valence-electron chi connectivity index (χ2n) is 5.25. The van der Waals surface area contributed by atoms with E-state index in [-0.39, 0.29) is 0 Å². The van der Waals surface area contributed by atoms with Crippen molar-refractivity contribution in [3.63, 3.8) is 0 Å². The van der Waals surface area contributed by atoms with Crippen LogP contribution >= 0.6 is 11.3 Å². The highest BCUT2D eigenvalue weighted by Crippen LogP contribution is 2.30. The van der Waals surface area contributed by atoms with Crippen LogP contribution < -0.4 is 0 Å². The molecular formula is C19H18S. The number of hydrogen-bond acceptors (Lipinski definition) is 1. The molecule has 0 unspecified atom stereocenters. The molecular weight excluding hydrogens is 260 g/mol. The van der Waals surface area contributed by atoms with Crippen LogP contribution in [0.25, 0.3) is 15.7 Å². The molecule has 0 nitrogen and oxygen atoms in total. The Kier molecular flexibility index (Phi) is 3.70. The molecule has 0 N–H and O–H groups in total. The molecule has 1 heterocycles. The molecule has 0 fully saturated rings. The first-order valence-corrected chi connectivity index (χ1v) is 7.76. The van der Waals surface area contributed by atoms with Gasteiger partial charge in [0, 0.05) is 9.58 Å². The van der Waals surface area contributed by atoms with Crippen molar-refractivity contribution in [1.82, 2.24) is 0 Å². The molecule has 0 saturated heterocycles. The maximum atomic E-state index is 4.03. The van der Waals surface area contributed by atoms with E-state index in [0.29, 0.717) is 0 Å². The van der Waals surface area contributed by atoms with Crippen molar-refractivity contribution in [2.45, 2.75) is 19.8 Å². The molecule has 0 radical (unpaired) electrons. The third-order valence-corrected chi connectivity index (χ3v) is 4.82. The number of aryl methyl sites for hydroxylation is 2. The lowest BCUT2D eigenvalue weighted by atomic mass is 10.0. The Morgan fingerprint density at radius 3 is 2.45 bits per heavy atom. The quantitative estimate of drug-likeness (QED) is 0.572. The van der Waals surface area contributed by atoms with Crippen molar-refractivity contribution in [3.8, 4) is 0 Å². The van der Waals surface area contributed by atoms with E-state index >= 15 is 0 Å². The molecule has 3 rings (SSSR count). The highest BCUT2D eigenvalue weighted by molar-refractivity contribution is 7.20. The van der Waals surface area contributed by atoms with Crippen molar-refractivity contribution >= 4 is 27.0 Å². The summed E-state index contributed by atoms with van der Waals surface area (Å²) in [5.41, 5.74) is 3.96. The highest BCUT2D eigenvalue weighted by atomic mass is 32.1. The summed E-state index contributed by atoms with van der Waals surface area (Å²) in [4.78, 5) is 1.29. The second kappa shape index (κ2) is 5.64. The van der Waals surface area contributed by atoms with Crippen molar-refractivity contribution in [2.24, 2.45) is 0 Å². The van der Waals surface area contributed by atoms with E-state index in [1.54, 1.807) is 0 Å². The zero-order valence-electron chi connectivity index (χ0n) is 11.7. The molecule has 0 bridgehead atoms. The van der Waals surface area contributed by atoms with Gasteiger partial charge in [0.1, 0.15) is 0 Å². The number of rotatable bonds is 4. The van der Waals surface area contributed by atoms with Crippen LogP contribution in [-0.2, 0) is 12.8 Å². The molecule has 1 heteroatoms. The lowest BCUT2D eigenvalue weighted by Crippen LogP contribution is -1.90. The Morgan fingerprint density at radius 1 is 0.950 bits per heavy atom. The maximum Gasteiger partial charge on any atom is 0.0349 e. The van der Waals surface area contributed by atoms with Crippen LogP contribution in [0.1, 0.15) is 22.9 Å². The summed E-state index contributed by atoms with van der Waals surface area (Å²) in [6, 6.07) is 19.8. The SMILES string of the molecule is C=C(C)c1cc2cc(CCc3ccccc3)ccc2s1. The van der Waals surface area contributed by atoms with Gasteiger partial charge in [-0.2, -0.15) is 0 Å². The number of fused-ring (bicyclic) bond motifs is 1. The first-order chi connectivity index (χ1) is 9.72. The van der Waals surface area contributed by atoms with Crippen molar-refractivity contribution < 1.29 is 0 Å². The summed E-state index contributed by atoms with van der Waals surface area (Å²) in [7, 11) is 0. The topological polar surface area (TPSA) is 0 Å². The summed E-state index contributed by atoms with van der Waals surface area (Å²) >= 11 is 1.83. The predicted molar refractivity (Wildman–Crippen MR) is 90.4 cm³/mol. The highest BCUT2D eigenvalue weighted by Gasteiger charge is 2.03. The van der Waals surface area contributed by atoms with Gasteiger partial charge in [-0.3, -0.25) is 0 Å². The molecule has 0 aliphatic rings. The number of benzene rings is 2. The molecule has 1 aromatic heterocycles.